The van der Waals surface area contributed by atoms with E-state index in [1.165, 1.54) is 9.35 Å². The van der Waals surface area contributed by atoms with Gasteiger partial charge >= 0.3 is 0 Å². The van der Waals surface area contributed by atoms with Crippen LogP contribution in [-0.2, 0) is 5.75 Å². The highest BCUT2D eigenvalue weighted by atomic mass is 79.9. The zero-order valence-electron chi connectivity index (χ0n) is 8.21. The maximum atomic E-state index is 3.47. The fourth-order valence-electron chi connectivity index (χ4n) is 0.836. The van der Waals surface area contributed by atoms with Gasteiger partial charge in [0.25, 0.3) is 0 Å². The van der Waals surface area contributed by atoms with E-state index in [4.69, 9.17) is 0 Å². The number of thiophene rings is 1. The Bertz CT molecular complexity index is 255. The first kappa shape index (κ1) is 11.6. The molecule has 0 amide bonds. The third kappa shape index (κ3) is 4.05. The molecule has 0 bridgehead atoms. The molecule has 0 spiro atoms. The lowest BCUT2D eigenvalue weighted by Gasteiger charge is -2.13. The van der Waals surface area contributed by atoms with Crippen molar-refractivity contribution in [1.29, 1.82) is 0 Å². The predicted molar refractivity (Wildman–Crippen MR) is 67.6 cm³/mol. The molecule has 3 heteroatoms. The van der Waals surface area contributed by atoms with Crippen LogP contribution in [0.3, 0.4) is 0 Å². The van der Waals surface area contributed by atoms with Crippen molar-refractivity contribution in [3.63, 3.8) is 0 Å². The monoisotopic (exact) mass is 278 g/mol. The van der Waals surface area contributed by atoms with Gasteiger partial charge in [-0.15, -0.1) is 11.3 Å². The topological polar surface area (TPSA) is 0 Å². The van der Waals surface area contributed by atoms with Gasteiger partial charge in [-0.25, -0.2) is 0 Å². The van der Waals surface area contributed by atoms with Crippen LogP contribution in [0.1, 0.15) is 25.6 Å². The average Bonchev–Trinajstić information content (AvgIpc) is 2.47. The van der Waals surface area contributed by atoms with E-state index in [2.05, 4.69) is 48.1 Å². The van der Waals surface area contributed by atoms with E-state index in [0.29, 0.717) is 0 Å². The van der Waals surface area contributed by atoms with Gasteiger partial charge < -0.3 is 0 Å². The summed E-state index contributed by atoms with van der Waals surface area (Å²) in [6, 6.07) is 2.21. The van der Waals surface area contributed by atoms with Crippen molar-refractivity contribution in [2.24, 2.45) is 5.92 Å². The Labute approximate surface area is 97.3 Å². The molecule has 1 unspecified atom stereocenters. The normalized spacial score (nSPS) is 13.6. The van der Waals surface area contributed by atoms with Gasteiger partial charge in [0.2, 0.25) is 0 Å². The highest BCUT2D eigenvalue weighted by molar-refractivity contribution is 9.10. The van der Waals surface area contributed by atoms with Crippen LogP contribution in [-0.4, -0.2) is 5.25 Å². The minimum Gasteiger partial charge on any atom is -0.153 e. The minimum atomic E-state index is 0.751. The number of halogens is 1. The molecule has 0 saturated heterocycles. The molecule has 1 atom stereocenters. The Morgan fingerprint density at radius 3 is 2.62 bits per heavy atom. The predicted octanol–water partition coefficient (Wildman–Crippen LogP) is 4.79. The van der Waals surface area contributed by atoms with Crippen molar-refractivity contribution in [3.8, 4) is 0 Å². The molecule has 0 nitrogen and oxygen atoms in total. The molecule has 0 saturated carbocycles. The van der Waals surface area contributed by atoms with Gasteiger partial charge in [0.1, 0.15) is 0 Å². The molecule has 1 heterocycles. The average molecular weight is 279 g/mol. The molecule has 13 heavy (non-hydrogen) atoms. The Morgan fingerprint density at radius 1 is 1.46 bits per heavy atom. The van der Waals surface area contributed by atoms with Gasteiger partial charge in [0.15, 0.2) is 0 Å². The first-order valence-corrected chi connectivity index (χ1v) is 7.16. The summed E-state index contributed by atoms with van der Waals surface area (Å²) in [5.74, 6) is 1.92. The summed E-state index contributed by atoms with van der Waals surface area (Å²) in [6.45, 7) is 6.86. The fourth-order valence-corrected chi connectivity index (χ4v) is 3.44. The Hall–Kier alpha value is 0.530. The summed E-state index contributed by atoms with van der Waals surface area (Å²) in [7, 11) is 0. The van der Waals surface area contributed by atoms with E-state index in [1.54, 1.807) is 0 Å². The maximum Gasteiger partial charge on any atom is 0.0285 e. The van der Waals surface area contributed by atoms with Crippen LogP contribution in [0.25, 0.3) is 0 Å². The number of thioether (sulfide) groups is 1. The highest BCUT2D eigenvalue weighted by Crippen LogP contribution is 2.28. The molecular weight excluding hydrogens is 264 g/mol. The van der Waals surface area contributed by atoms with Crippen molar-refractivity contribution < 1.29 is 0 Å². The van der Waals surface area contributed by atoms with Gasteiger partial charge in [0, 0.05) is 25.7 Å². The zero-order chi connectivity index (χ0) is 9.84. The second-order valence-corrected chi connectivity index (χ2v) is 6.77. The van der Waals surface area contributed by atoms with E-state index < -0.39 is 0 Å². The van der Waals surface area contributed by atoms with E-state index in [9.17, 15) is 0 Å². The SMILES string of the molecule is CC(C)C(C)SCc1cc(Br)cs1. The van der Waals surface area contributed by atoms with Crippen LogP contribution >= 0.6 is 39.0 Å². The number of hydrogen-bond acceptors (Lipinski definition) is 2. The van der Waals surface area contributed by atoms with Gasteiger partial charge in [-0.2, -0.15) is 11.8 Å². The first-order chi connectivity index (χ1) is 6.09. The van der Waals surface area contributed by atoms with E-state index >= 15 is 0 Å². The minimum absolute atomic E-state index is 0.751. The quantitative estimate of drug-likeness (QED) is 0.763. The molecule has 0 aliphatic heterocycles. The Kier molecular flexibility index (Phi) is 4.84. The molecule has 1 rings (SSSR count). The van der Waals surface area contributed by atoms with Gasteiger partial charge in [0.05, 0.1) is 0 Å². The Balaban J connectivity index is 2.35. The molecule has 0 aliphatic carbocycles. The standard InChI is InChI=1S/C10H15BrS2/c1-7(2)8(3)12-6-10-4-9(11)5-13-10/h4-5,7-8H,6H2,1-3H3. The third-order valence-corrected chi connectivity index (χ3v) is 5.48. The molecule has 0 aliphatic rings. The van der Waals surface area contributed by atoms with Crippen molar-refractivity contribution in [1.82, 2.24) is 0 Å². The van der Waals surface area contributed by atoms with Crippen LogP contribution in [0.15, 0.2) is 15.9 Å². The number of hydrogen-bond donors (Lipinski definition) is 0. The fraction of sp³-hybridized carbons (Fsp3) is 0.600. The van der Waals surface area contributed by atoms with Crippen molar-refractivity contribution in [2.45, 2.75) is 31.8 Å². The molecular formula is C10H15BrS2. The van der Waals surface area contributed by atoms with Gasteiger partial charge in [-0.3, -0.25) is 0 Å². The van der Waals surface area contributed by atoms with Gasteiger partial charge in [-0.1, -0.05) is 20.8 Å². The molecule has 0 aromatic carbocycles. The second kappa shape index (κ2) is 5.42. The van der Waals surface area contributed by atoms with E-state index in [1.807, 2.05) is 23.1 Å². The van der Waals surface area contributed by atoms with Crippen molar-refractivity contribution >= 4 is 39.0 Å². The lowest BCUT2D eigenvalue weighted by atomic mass is 10.2. The van der Waals surface area contributed by atoms with Crippen LogP contribution in [0.4, 0.5) is 0 Å². The lowest BCUT2D eigenvalue weighted by Crippen LogP contribution is -2.05. The smallest absolute Gasteiger partial charge is 0.0285 e. The molecule has 0 fully saturated rings. The highest BCUT2D eigenvalue weighted by Gasteiger charge is 2.08. The van der Waals surface area contributed by atoms with Crippen molar-refractivity contribution in [2.75, 3.05) is 0 Å². The molecule has 74 valence electrons. The molecule has 0 radical (unpaired) electrons. The largest absolute Gasteiger partial charge is 0.153 e. The second-order valence-electron chi connectivity index (χ2n) is 3.49. The summed E-state index contributed by atoms with van der Waals surface area (Å²) in [5, 5.41) is 2.90. The number of rotatable bonds is 4. The third-order valence-electron chi connectivity index (χ3n) is 2.05. The maximum absolute atomic E-state index is 3.47. The molecule has 1 aromatic heterocycles. The van der Waals surface area contributed by atoms with Crippen LogP contribution < -0.4 is 0 Å². The van der Waals surface area contributed by atoms with E-state index in [0.717, 1.165) is 16.9 Å². The van der Waals surface area contributed by atoms with Crippen LogP contribution in [0.2, 0.25) is 0 Å². The Morgan fingerprint density at radius 2 is 2.15 bits per heavy atom. The summed E-state index contributed by atoms with van der Waals surface area (Å²) in [6.07, 6.45) is 0. The molecule has 1 aromatic rings. The zero-order valence-corrected chi connectivity index (χ0v) is 11.4. The van der Waals surface area contributed by atoms with E-state index in [-0.39, 0.29) is 0 Å². The summed E-state index contributed by atoms with van der Waals surface area (Å²) in [4.78, 5) is 1.46. The van der Waals surface area contributed by atoms with Gasteiger partial charge in [-0.05, 0) is 27.9 Å². The van der Waals surface area contributed by atoms with Crippen molar-refractivity contribution in [3.05, 3.63) is 20.8 Å². The summed E-state index contributed by atoms with van der Waals surface area (Å²) in [5.41, 5.74) is 0. The summed E-state index contributed by atoms with van der Waals surface area (Å²) >= 11 is 7.35. The van der Waals surface area contributed by atoms with Crippen LogP contribution in [0.5, 0.6) is 0 Å². The molecule has 0 N–H and O–H groups in total. The lowest BCUT2D eigenvalue weighted by molar-refractivity contribution is 0.642. The van der Waals surface area contributed by atoms with Crippen LogP contribution in [0, 0.1) is 5.92 Å². The first-order valence-electron chi connectivity index (χ1n) is 4.44. The summed E-state index contributed by atoms with van der Waals surface area (Å²) < 4.78 is 1.21.